The van der Waals surface area contributed by atoms with E-state index in [1.807, 2.05) is 48.6 Å². The summed E-state index contributed by atoms with van der Waals surface area (Å²) in [7, 11) is -4.48. The van der Waals surface area contributed by atoms with Gasteiger partial charge in [-0.15, -0.1) is 0 Å². The standard InChI is InChI=1S/C22H30O3Si2/c1-26(2,23-19-11-17-21-13-7-5-8-14-21)25-27(3,4)24-20-12-18-22-15-9-6-10-16-22/h5-18H,19-20H2,1-4H3/b17-11+,18-12+. The molecule has 0 aromatic heterocycles. The molecule has 2 rings (SSSR count). The minimum atomic E-state index is -2.24. The molecular formula is C22H30O3Si2. The van der Waals surface area contributed by atoms with Gasteiger partial charge in [0.25, 0.3) is 0 Å². The molecule has 0 aliphatic carbocycles. The van der Waals surface area contributed by atoms with Gasteiger partial charge in [-0.1, -0.05) is 85.0 Å². The van der Waals surface area contributed by atoms with Crippen molar-refractivity contribution in [3.63, 3.8) is 0 Å². The quantitative estimate of drug-likeness (QED) is 0.469. The molecule has 0 aliphatic rings. The Labute approximate surface area is 165 Å². The maximum Gasteiger partial charge on any atom is 0.323 e. The lowest BCUT2D eigenvalue weighted by atomic mass is 10.2. The van der Waals surface area contributed by atoms with E-state index in [2.05, 4.69) is 62.6 Å². The fourth-order valence-electron chi connectivity index (χ4n) is 2.65. The normalized spacial score (nSPS) is 12.9. The molecule has 0 fully saturated rings. The lowest BCUT2D eigenvalue weighted by Gasteiger charge is -2.32. The Morgan fingerprint density at radius 1 is 0.630 bits per heavy atom. The van der Waals surface area contributed by atoms with Gasteiger partial charge in [-0.05, 0) is 37.3 Å². The van der Waals surface area contributed by atoms with Crippen molar-refractivity contribution in [1.82, 2.24) is 0 Å². The van der Waals surface area contributed by atoms with Gasteiger partial charge in [0.15, 0.2) is 0 Å². The van der Waals surface area contributed by atoms with E-state index in [9.17, 15) is 0 Å². The van der Waals surface area contributed by atoms with E-state index in [0.29, 0.717) is 13.2 Å². The van der Waals surface area contributed by atoms with Gasteiger partial charge >= 0.3 is 17.1 Å². The zero-order valence-corrected chi connectivity index (χ0v) is 18.7. The highest BCUT2D eigenvalue weighted by Crippen LogP contribution is 2.17. The van der Waals surface area contributed by atoms with Crippen LogP contribution < -0.4 is 0 Å². The minimum absolute atomic E-state index is 0.548. The number of hydrogen-bond acceptors (Lipinski definition) is 3. The highest BCUT2D eigenvalue weighted by molar-refractivity contribution is 6.78. The molecule has 0 N–H and O–H groups in total. The van der Waals surface area contributed by atoms with Crippen molar-refractivity contribution >= 4 is 29.3 Å². The Bertz CT molecular complexity index is 662. The van der Waals surface area contributed by atoms with Crippen LogP contribution in [0.4, 0.5) is 0 Å². The van der Waals surface area contributed by atoms with Gasteiger partial charge in [0.1, 0.15) is 0 Å². The van der Waals surface area contributed by atoms with Gasteiger partial charge in [-0.3, -0.25) is 0 Å². The van der Waals surface area contributed by atoms with Gasteiger partial charge in [-0.25, -0.2) is 0 Å². The van der Waals surface area contributed by atoms with E-state index >= 15 is 0 Å². The molecule has 0 unspecified atom stereocenters. The summed E-state index contributed by atoms with van der Waals surface area (Å²) >= 11 is 0. The first-order valence-corrected chi connectivity index (χ1v) is 14.9. The van der Waals surface area contributed by atoms with Crippen molar-refractivity contribution in [2.45, 2.75) is 26.2 Å². The molecule has 27 heavy (non-hydrogen) atoms. The third-order valence-electron chi connectivity index (χ3n) is 3.77. The van der Waals surface area contributed by atoms with Crippen LogP contribution in [0.1, 0.15) is 11.1 Å². The summed E-state index contributed by atoms with van der Waals surface area (Å²) < 4.78 is 18.4. The predicted molar refractivity (Wildman–Crippen MR) is 119 cm³/mol. The molecule has 0 saturated heterocycles. The molecule has 144 valence electrons. The van der Waals surface area contributed by atoms with Crippen LogP contribution in [0.2, 0.25) is 26.2 Å². The molecule has 0 atom stereocenters. The van der Waals surface area contributed by atoms with Crippen molar-refractivity contribution in [3.05, 3.63) is 83.9 Å². The molecule has 2 aromatic rings. The monoisotopic (exact) mass is 398 g/mol. The Hall–Kier alpha value is -1.77. The lowest BCUT2D eigenvalue weighted by Crippen LogP contribution is -2.48. The van der Waals surface area contributed by atoms with Crippen molar-refractivity contribution in [1.29, 1.82) is 0 Å². The maximum absolute atomic E-state index is 6.30. The molecule has 0 aliphatic heterocycles. The van der Waals surface area contributed by atoms with E-state index in [4.69, 9.17) is 13.0 Å². The highest BCUT2D eigenvalue weighted by Gasteiger charge is 2.35. The molecule has 5 heteroatoms. The van der Waals surface area contributed by atoms with Gasteiger partial charge < -0.3 is 13.0 Å². The van der Waals surface area contributed by atoms with Crippen molar-refractivity contribution in [2.24, 2.45) is 0 Å². The van der Waals surface area contributed by atoms with Crippen LogP contribution in [0.15, 0.2) is 72.8 Å². The predicted octanol–water partition coefficient (Wildman–Crippen LogP) is 5.87. The molecule has 0 spiro atoms. The Balaban J connectivity index is 1.75. The molecule has 0 radical (unpaired) electrons. The summed E-state index contributed by atoms with van der Waals surface area (Å²) in [5, 5.41) is 0. The molecule has 0 bridgehead atoms. The first-order chi connectivity index (χ1) is 12.9. The first-order valence-electron chi connectivity index (χ1n) is 9.28. The van der Waals surface area contributed by atoms with E-state index in [-0.39, 0.29) is 0 Å². The largest absolute Gasteiger partial charge is 0.415 e. The topological polar surface area (TPSA) is 27.7 Å². The maximum atomic E-state index is 6.30. The third kappa shape index (κ3) is 9.12. The lowest BCUT2D eigenvalue weighted by molar-refractivity contribution is 0.221. The summed E-state index contributed by atoms with van der Waals surface area (Å²) in [6, 6.07) is 20.4. The van der Waals surface area contributed by atoms with E-state index < -0.39 is 17.1 Å². The van der Waals surface area contributed by atoms with Gasteiger partial charge in [-0.2, -0.15) is 0 Å². The molecule has 0 saturated carbocycles. The van der Waals surface area contributed by atoms with Crippen molar-refractivity contribution in [2.75, 3.05) is 13.2 Å². The molecular weight excluding hydrogens is 368 g/mol. The average molecular weight is 399 g/mol. The van der Waals surface area contributed by atoms with Gasteiger partial charge in [0.2, 0.25) is 0 Å². The summed E-state index contributed by atoms with van der Waals surface area (Å²) in [4.78, 5) is 0. The SMILES string of the molecule is C[Si](C)(OC/C=C/c1ccccc1)O[Si](C)(C)OC/C=C/c1ccccc1. The summed E-state index contributed by atoms with van der Waals surface area (Å²) in [6.45, 7) is 9.38. The second-order valence-electron chi connectivity index (χ2n) is 7.15. The Morgan fingerprint density at radius 3 is 1.37 bits per heavy atom. The molecule has 0 amide bonds. The third-order valence-corrected chi connectivity index (χ3v) is 9.42. The summed E-state index contributed by atoms with van der Waals surface area (Å²) in [6.07, 6.45) is 8.20. The zero-order chi connectivity index (χ0) is 19.6. The minimum Gasteiger partial charge on any atom is -0.415 e. The first kappa shape index (κ1) is 21.5. The van der Waals surface area contributed by atoms with Crippen LogP contribution in [0.25, 0.3) is 12.2 Å². The van der Waals surface area contributed by atoms with Gasteiger partial charge in [0, 0.05) is 0 Å². The molecule has 0 heterocycles. The van der Waals surface area contributed by atoms with E-state index in [0.717, 1.165) is 0 Å². The molecule has 2 aromatic carbocycles. The summed E-state index contributed by atoms with van der Waals surface area (Å²) in [5.74, 6) is 0. The van der Waals surface area contributed by atoms with Crippen LogP contribution >= 0.6 is 0 Å². The van der Waals surface area contributed by atoms with Crippen LogP contribution in [0, 0.1) is 0 Å². The van der Waals surface area contributed by atoms with Crippen LogP contribution in [0.3, 0.4) is 0 Å². The Morgan fingerprint density at radius 2 is 1.00 bits per heavy atom. The van der Waals surface area contributed by atoms with Crippen molar-refractivity contribution in [3.8, 4) is 0 Å². The number of hydrogen-bond donors (Lipinski definition) is 0. The second kappa shape index (κ2) is 10.5. The van der Waals surface area contributed by atoms with E-state index in [1.54, 1.807) is 0 Å². The highest BCUT2D eigenvalue weighted by atomic mass is 28.5. The van der Waals surface area contributed by atoms with Crippen LogP contribution in [0.5, 0.6) is 0 Å². The number of rotatable bonds is 10. The summed E-state index contributed by atoms with van der Waals surface area (Å²) in [5.41, 5.74) is 2.34. The smallest absolute Gasteiger partial charge is 0.323 e. The molecule has 3 nitrogen and oxygen atoms in total. The van der Waals surface area contributed by atoms with Crippen LogP contribution in [-0.2, 0) is 13.0 Å². The Kier molecular flexibility index (Phi) is 8.40. The van der Waals surface area contributed by atoms with Crippen molar-refractivity contribution < 1.29 is 13.0 Å². The fourth-order valence-corrected chi connectivity index (χ4v) is 8.85. The zero-order valence-electron chi connectivity index (χ0n) is 16.7. The number of benzene rings is 2. The fraction of sp³-hybridized carbons (Fsp3) is 0.273. The second-order valence-corrected chi connectivity index (χ2v) is 14.1. The van der Waals surface area contributed by atoms with Crippen LogP contribution in [-0.4, -0.2) is 30.3 Å². The average Bonchev–Trinajstić information content (AvgIpc) is 2.63. The van der Waals surface area contributed by atoms with E-state index in [1.165, 1.54) is 11.1 Å². The van der Waals surface area contributed by atoms with Gasteiger partial charge in [0.05, 0.1) is 13.2 Å².